The second kappa shape index (κ2) is 4.34. The number of rotatable bonds is 2. The van der Waals surface area contributed by atoms with Crippen molar-refractivity contribution >= 4 is 17.7 Å². The quantitative estimate of drug-likeness (QED) is 0.736. The molecular weight excluding hydrogens is 212 g/mol. The molecule has 0 radical (unpaired) electrons. The Morgan fingerprint density at radius 1 is 1.47 bits per heavy atom. The van der Waals surface area contributed by atoms with Crippen LogP contribution in [0.1, 0.15) is 27.2 Å². The maximum absolute atomic E-state index is 11.4. The summed E-state index contributed by atoms with van der Waals surface area (Å²) in [6, 6.07) is 0. The van der Waals surface area contributed by atoms with Gasteiger partial charge in [0, 0.05) is 5.75 Å². The standard InChI is InChI=1S/C11H20O3S/c1-8(9(12)14-4)11(13)5-10(2,3)6-15-7-11/h8,13H,5-7H2,1-4H3. The highest BCUT2D eigenvalue weighted by molar-refractivity contribution is 7.99. The van der Waals surface area contributed by atoms with Crippen LogP contribution in [-0.4, -0.2) is 35.3 Å². The first-order chi connectivity index (χ1) is 6.81. The smallest absolute Gasteiger partial charge is 0.311 e. The molecule has 3 nitrogen and oxygen atoms in total. The van der Waals surface area contributed by atoms with Crippen molar-refractivity contribution in [1.82, 2.24) is 0 Å². The molecule has 2 unspecified atom stereocenters. The van der Waals surface area contributed by atoms with E-state index in [1.54, 1.807) is 18.7 Å². The molecule has 0 aromatic rings. The van der Waals surface area contributed by atoms with Gasteiger partial charge in [-0.15, -0.1) is 0 Å². The van der Waals surface area contributed by atoms with E-state index in [0.717, 1.165) is 5.75 Å². The van der Waals surface area contributed by atoms with E-state index in [1.807, 2.05) is 0 Å². The highest BCUT2D eigenvalue weighted by atomic mass is 32.2. The Labute approximate surface area is 95.6 Å². The lowest BCUT2D eigenvalue weighted by Crippen LogP contribution is -2.50. The normalized spacial score (nSPS) is 32.1. The fourth-order valence-corrected chi connectivity index (χ4v) is 3.57. The summed E-state index contributed by atoms with van der Waals surface area (Å²) in [6.07, 6.45) is 0.656. The Bertz CT molecular complexity index is 252. The molecule has 1 heterocycles. The van der Waals surface area contributed by atoms with Gasteiger partial charge in [0.15, 0.2) is 0 Å². The van der Waals surface area contributed by atoms with Gasteiger partial charge < -0.3 is 9.84 Å². The minimum Gasteiger partial charge on any atom is -0.469 e. The van der Waals surface area contributed by atoms with Crippen LogP contribution in [0.2, 0.25) is 0 Å². The van der Waals surface area contributed by atoms with E-state index in [9.17, 15) is 9.90 Å². The van der Waals surface area contributed by atoms with Gasteiger partial charge in [-0.05, 0) is 24.5 Å². The third-order valence-corrected chi connectivity index (χ3v) is 4.68. The molecule has 0 saturated carbocycles. The molecule has 1 N–H and O–H groups in total. The summed E-state index contributed by atoms with van der Waals surface area (Å²) in [5.41, 5.74) is -0.834. The molecule has 4 heteroatoms. The van der Waals surface area contributed by atoms with Crippen molar-refractivity contribution in [2.45, 2.75) is 32.8 Å². The zero-order valence-corrected chi connectivity index (χ0v) is 10.7. The van der Waals surface area contributed by atoms with E-state index >= 15 is 0 Å². The number of ether oxygens (including phenoxy) is 1. The summed E-state index contributed by atoms with van der Waals surface area (Å²) in [7, 11) is 1.36. The van der Waals surface area contributed by atoms with Crippen LogP contribution in [0, 0.1) is 11.3 Å². The first-order valence-corrected chi connectivity index (χ1v) is 6.34. The molecule has 0 aromatic heterocycles. The molecule has 0 aliphatic carbocycles. The molecule has 0 aromatic carbocycles. The molecule has 0 spiro atoms. The van der Waals surface area contributed by atoms with Gasteiger partial charge in [-0.3, -0.25) is 4.79 Å². The fraction of sp³-hybridized carbons (Fsp3) is 0.909. The summed E-state index contributed by atoms with van der Waals surface area (Å²) in [6.45, 7) is 5.98. The van der Waals surface area contributed by atoms with Crippen molar-refractivity contribution in [2.24, 2.45) is 11.3 Å². The van der Waals surface area contributed by atoms with Crippen molar-refractivity contribution in [2.75, 3.05) is 18.6 Å². The van der Waals surface area contributed by atoms with Gasteiger partial charge in [-0.2, -0.15) is 11.8 Å². The highest BCUT2D eigenvalue weighted by Crippen LogP contribution is 2.42. The SMILES string of the molecule is COC(=O)C(C)C1(O)CSCC(C)(C)C1. The summed E-state index contributed by atoms with van der Waals surface area (Å²) in [5.74, 6) is 0.876. The Morgan fingerprint density at radius 2 is 2.07 bits per heavy atom. The summed E-state index contributed by atoms with van der Waals surface area (Å²) in [5, 5.41) is 10.5. The maximum Gasteiger partial charge on any atom is 0.311 e. The van der Waals surface area contributed by atoms with E-state index in [1.165, 1.54) is 7.11 Å². The third-order valence-electron chi connectivity index (χ3n) is 2.99. The fourth-order valence-electron chi connectivity index (χ4n) is 2.11. The number of methoxy groups -OCH3 is 1. The maximum atomic E-state index is 11.4. The molecule has 0 bridgehead atoms. The van der Waals surface area contributed by atoms with Crippen LogP contribution in [0.5, 0.6) is 0 Å². The molecule has 1 fully saturated rings. The molecule has 0 amide bonds. The second-order valence-corrected chi connectivity index (χ2v) is 6.17. The van der Waals surface area contributed by atoms with Crippen molar-refractivity contribution in [3.63, 3.8) is 0 Å². The highest BCUT2D eigenvalue weighted by Gasteiger charge is 2.45. The lowest BCUT2D eigenvalue weighted by Gasteiger charge is -2.43. The van der Waals surface area contributed by atoms with E-state index in [2.05, 4.69) is 13.8 Å². The van der Waals surface area contributed by atoms with Crippen LogP contribution < -0.4 is 0 Å². The Balaban J connectivity index is 2.77. The monoisotopic (exact) mass is 232 g/mol. The lowest BCUT2D eigenvalue weighted by atomic mass is 9.76. The molecule has 15 heavy (non-hydrogen) atoms. The number of esters is 1. The van der Waals surface area contributed by atoms with Crippen molar-refractivity contribution in [1.29, 1.82) is 0 Å². The van der Waals surface area contributed by atoms with Crippen LogP contribution in [0.15, 0.2) is 0 Å². The van der Waals surface area contributed by atoms with Gasteiger partial charge in [0.25, 0.3) is 0 Å². The second-order valence-electron chi connectivity index (χ2n) is 5.18. The van der Waals surface area contributed by atoms with E-state index in [-0.39, 0.29) is 11.4 Å². The predicted octanol–water partition coefficient (Wildman–Crippen LogP) is 1.69. The van der Waals surface area contributed by atoms with E-state index < -0.39 is 11.5 Å². The first kappa shape index (κ1) is 12.8. The lowest BCUT2D eigenvalue weighted by molar-refractivity contribution is -0.155. The average molecular weight is 232 g/mol. The van der Waals surface area contributed by atoms with Crippen LogP contribution in [0.25, 0.3) is 0 Å². The summed E-state index contributed by atoms with van der Waals surface area (Å²) in [4.78, 5) is 11.4. The predicted molar refractivity (Wildman–Crippen MR) is 61.9 cm³/mol. The Morgan fingerprint density at radius 3 is 2.53 bits per heavy atom. The van der Waals surface area contributed by atoms with Crippen LogP contribution in [0.3, 0.4) is 0 Å². The molecule has 2 atom stereocenters. The summed E-state index contributed by atoms with van der Waals surface area (Å²) >= 11 is 1.71. The van der Waals surface area contributed by atoms with E-state index in [0.29, 0.717) is 12.2 Å². The molecule has 88 valence electrons. The number of aliphatic hydroxyl groups is 1. The van der Waals surface area contributed by atoms with Crippen molar-refractivity contribution in [3.05, 3.63) is 0 Å². The van der Waals surface area contributed by atoms with Crippen LogP contribution in [-0.2, 0) is 9.53 Å². The van der Waals surface area contributed by atoms with Crippen LogP contribution >= 0.6 is 11.8 Å². The van der Waals surface area contributed by atoms with Gasteiger partial charge in [-0.1, -0.05) is 13.8 Å². The minimum atomic E-state index is -0.917. The average Bonchev–Trinajstić information content (AvgIpc) is 2.13. The van der Waals surface area contributed by atoms with Gasteiger partial charge >= 0.3 is 5.97 Å². The molecule has 1 aliphatic heterocycles. The number of hydrogen-bond acceptors (Lipinski definition) is 4. The van der Waals surface area contributed by atoms with Crippen molar-refractivity contribution in [3.8, 4) is 0 Å². The van der Waals surface area contributed by atoms with Gasteiger partial charge in [0.1, 0.15) is 0 Å². The Hall–Kier alpha value is -0.220. The van der Waals surface area contributed by atoms with Gasteiger partial charge in [0.05, 0.1) is 18.6 Å². The van der Waals surface area contributed by atoms with Gasteiger partial charge in [0.2, 0.25) is 0 Å². The van der Waals surface area contributed by atoms with Gasteiger partial charge in [-0.25, -0.2) is 0 Å². The van der Waals surface area contributed by atoms with Crippen LogP contribution in [0.4, 0.5) is 0 Å². The number of thioether (sulfide) groups is 1. The third kappa shape index (κ3) is 2.88. The first-order valence-electron chi connectivity index (χ1n) is 5.19. The topological polar surface area (TPSA) is 46.5 Å². The number of carbonyl (C=O) groups excluding carboxylic acids is 1. The molecule has 1 saturated heterocycles. The van der Waals surface area contributed by atoms with E-state index in [4.69, 9.17) is 4.74 Å². The molecule has 1 aliphatic rings. The zero-order chi connectivity index (χ0) is 11.7. The molecule has 1 rings (SSSR count). The van der Waals surface area contributed by atoms with Crippen molar-refractivity contribution < 1.29 is 14.6 Å². The largest absolute Gasteiger partial charge is 0.469 e. The molecular formula is C11H20O3S. The summed E-state index contributed by atoms with van der Waals surface area (Å²) < 4.78 is 4.69. The number of carbonyl (C=O) groups is 1. The minimum absolute atomic E-state index is 0.0833. The zero-order valence-electron chi connectivity index (χ0n) is 9.87. The Kier molecular flexibility index (Phi) is 3.71. The number of hydrogen-bond donors (Lipinski definition) is 1.